The van der Waals surface area contributed by atoms with E-state index in [2.05, 4.69) is 10.6 Å². The molecule has 0 spiro atoms. The van der Waals surface area contributed by atoms with Crippen molar-refractivity contribution in [2.45, 2.75) is 25.1 Å². The van der Waals surface area contributed by atoms with Gasteiger partial charge in [-0.3, -0.25) is 0 Å². The van der Waals surface area contributed by atoms with Crippen molar-refractivity contribution in [3.8, 4) is 0 Å². The van der Waals surface area contributed by atoms with Gasteiger partial charge in [0.05, 0.1) is 0 Å². The van der Waals surface area contributed by atoms with E-state index in [1.165, 1.54) is 0 Å². The van der Waals surface area contributed by atoms with Crippen molar-refractivity contribution >= 4 is 12.0 Å². The molecule has 2 rings (SSSR count). The number of aliphatic carboxylic acids is 1. The number of piperidine rings is 1. The normalized spacial score (nSPS) is 20.6. The topological polar surface area (TPSA) is 81.7 Å². The number of rotatable bonds is 1. The lowest BCUT2D eigenvalue weighted by Crippen LogP contribution is -2.44. The van der Waals surface area contributed by atoms with Crippen LogP contribution in [0.25, 0.3) is 0 Å². The average Bonchev–Trinajstić information content (AvgIpc) is 2.76. The number of halogens is 3. The Balaban J connectivity index is 0.000000224. The summed E-state index contributed by atoms with van der Waals surface area (Å²) in [7, 11) is 0. The highest BCUT2D eigenvalue weighted by Gasteiger charge is 2.38. The van der Waals surface area contributed by atoms with Gasteiger partial charge in [-0.05, 0) is 25.9 Å². The molecule has 0 aliphatic carbocycles. The first-order valence-corrected chi connectivity index (χ1v) is 5.87. The third-order valence-electron chi connectivity index (χ3n) is 2.88. The van der Waals surface area contributed by atoms with Gasteiger partial charge >= 0.3 is 18.2 Å². The lowest BCUT2D eigenvalue weighted by Gasteiger charge is -2.30. The number of nitrogens with zero attached hydrogens (tertiary/aromatic N) is 1. The van der Waals surface area contributed by atoms with Gasteiger partial charge in [0.15, 0.2) is 0 Å². The molecule has 19 heavy (non-hydrogen) atoms. The summed E-state index contributed by atoms with van der Waals surface area (Å²) in [4.78, 5) is 22.1. The summed E-state index contributed by atoms with van der Waals surface area (Å²) in [5.74, 6) is -2.76. The number of carboxylic acid groups (broad SMARTS) is 1. The van der Waals surface area contributed by atoms with E-state index >= 15 is 0 Å². The SMILES string of the molecule is O=C(O)C(F)(F)F.O=C1NCCN1C1CCNCC1. The molecule has 2 heterocycles. The summed E-state index contributed by atoms with van der Waals surface area (Å²) in [6.07, 6.45) is -2.87. The zero-order valence-corrected chi connectivity index (χ0v) is 10.2. The number of alkyl halides is 3. The van der Waals surface area contributed by atoms with Gasteiger partial charge in [0.2, 0.25) is 0 Å². The summed E-state index contributed by atoms with van der Waals surface area (Å²) in [5, 5.41) is 13.3. The van der Waals surface area contributed by atoms with E-state index in [-0.39, 0.29) is 6.03 Å². The second-order valence-corrected chi connectivity index (χ2v) is 4.21. The molecule has 0 atom stereocenters. The minimum Gasteiger partial charge on any atom is -0.475 e. The molecule has 0 aromatic heterocycles. The number of hydrogen-bond donors (Lipinski definition) is 3. The lowest BCUT2D eigenvalue weighted by atomic mass is 10.1. The van der Waals surface area contributed by atoms with E-state index in [1.807, 2.05) is 4.90 Å². The number of carbonyl (C=O) groups is 2. The fraction of sp³-hybridized carbons (Fsp3) is 0.800. The van der Waals surface area contributed by atoms with Gasteiger partial charge in [-0.25, -0.2) is 9.59 Å². The molecule has 0 unspecified atom stereocenters. The number of carboxylic acids is 1. The average molecular weight is 283 g/mol. The summed E-state index contributed by atoms with van der Waals surface area (Å²) in [5.41, 5.74) is 0. The number of urea groups is 1. The standard InChI is InChI=1S/C8H15N3O.C2HF3O2/c12-8-10-5-6-11(8)7-1-3-9-4-2-7;3-2(4,5)1(6)7/h7,9H,1-6H2,(H,10,12);(H,6,7). The van der Waals surface area contributed by atoms with E-state index in [1.54, 1.807) is 0 Å². The number of carbonyl (C=O) groups excluding carboxylic acids is 1. The van der Waals surface area contributed by atoms with Crippen LogP contribution in [-0.4, -0.2) is 60.4 Å². The first-order valence-electron chi connectivity index (χ1n) is 5.87. The predicted molar refractivity (Wildman–Crippen MR) is 59.7 cm³/mol. The molecular formula is C10H16F3N3O3. The number of nitrogens with one attached hydrogen (secondary N) is 2. The molecule has 0 bridgehead atoms. The third-order valence-corrected chi connectivity index (χ3v) is 2.88. The summed E-state index contributed by atoms with van der Waals surface area (Å²) in [6.45, 7) is 3.81. The Bertz CT molecular complexity index is 330. The smallest absolute Gasteiger partial charge is 0.475 e. The fourth-order valence-corrected chi connectivity index (χ4v) is 1.95. The first-order chi connectivity index (χ1) is 8.82. The van der Waals surface area contributed by atoms with Crippen molar-refractivity contribution in [1.29, 1.82) is 0 Å². The maximum absolute atomic E-state index is 11.3. The summed E-state index contributed by atoms with van der Waals surface area (Å²) >= 11 is 0. The maximum Gasteiger partial charge on any atom is 0.490 e. The van der Waals surface area contributed by atoms with E-state index < -0.39 is 12.1 Å². The Kier molecular flexibility index (Phi) is 5.40. The maximum atomic E-state index is 11.3. The minimum absolute atomic E-state index is 0.127. The van der Waals surface area contributed by atoms with Gasteiger partial charge in [0.25, 0.3) is 0 Å². The van der Waals surface area contributed by atoms with Crippen LogP contribution in [0.1, 0.15) is 12.8 Å². The van der Waals surface area contributed by atoms with E-state index in [0.717, 1.165) is 39.0 Å². The minimum atomic E-state index is -5.08. The van der Waals surface area contributed by atoms with Crippen LogP contribution in [0.3, 0.4) is 0 Å². The lowest BCUT2D eigenvalue weighted by molar-refractivity contribution is -0.192. The Morgan fingerprint density at radius 2 is 1.79 bits per heavy atom. The van der Waals surface area contributed by atoms with Crippen molar-refractivity contribution < 1.29 is 27.9 Å². The molecule has 0 saturated carbocycles. The van der Waals surface area contributed by atoms with E-state index in [4.69, 9.17) is 9.90 Å². The molecule has 2 fully saturated rings. The van der Waals surface area contributed by atoms with Gasteiger partial charge < -0.3 is 20.6 Å². The quantitative estimate of drug-likeness (QED) is 0.650. The zero-order valence-electron chi connectivity index (χ0n) is 10.2. The first kappa shape index (κ1) is 15.5. The number of hydrogen-bond acceptors (Lipinski definition) is 3. The van der Waals surface area contributed by atoms with Crippen molar-refractivity contribution in [3.63, 3.8) is 0 Å². The van der Waals surface area contributed by atoms with Crippen molar-refractivity contribution in [3.05, 3.63) is 0 Å². The molecule has 0 aromatic rings. The van der Waals surface area contributed by atoms with Crippen molar-refractivity contribution in [2.24, 2.45) is 0 Å². The van der Waals surface area contributed by atoms with Gasteiger partial charge in [-0.2, -0.15) is 13.2 Å². The van der Waals surface area contributed by atoms with Gasteiger partial charge in [0, 0.05) is 19.1 Å². The molecule has 2 amide bonds. The Labute approximate surface area is 107 Å². The molecule has 2 aliphatic rings. The summed E-state index contributed by atoms with van der Waals surface area (Å²) in [6, 6.07) is 0.607. The third kappa shape index (κ3) is 4.93. The molecule has 6 nitrogen and oxygen atoms in total. The molecule has 2 saturated heterocycles. The van der Waals surface area contributed by atoms with Crippen LogP contribution in [0.2, 0.25) is 0 Å². The molecule has 3 N–H and O–H groups in total. The Morgan fingerprint density at radius 3 is 2.16 bits per heavy atom. The molecule has 9 heteroatoms. The highest BCUT2D eigenvalue weighted by molar-refractivity contribution is 5.76. The number of amides is 2. The van der Waals surface area contributed by atoms with Gasteiger partial charge in [-0.1, -0.05) is 0 Å². The predicted octanol–water partition coefficient (Wildman–Crippen LogP) is 0.397. The van der Waals surface area contributed by atoms with E-state index in [0.29, 0.717) is 6.04 Å². The van der Waals surface area contributed by atoms with Gasteiger partial charge in [-0.15, -0.1) is 0 Å². The van der Waals surface area contributed by atoms with Crippen molar-refractivity contribution in [2.75, 3.05) is 26.2 Å². The summed E-state index contributed by atoms with van der Waals surface area (Å²) < 4.78 is 31.7. The fourth-order valence-electron chi connectivity index (χ4n) is 1.95. The van der Waals surface area contributed by atoms with Crippen LogP contribution in [0, 0.1) is 0 Å². The van der Waals surface area contributed by atoms with Crippen LogP contribution in [0.5, 0.6) is 0 Å². The van der Waals surface area contributed by atoms with Gasteiger partial charge in [0.1, 0.15) is 0 Å². The van der Waals surface area contributed by atoms with E-state index in [9.17, 15) is 18.0 Å². The van der Waals surface area contributed by atoms with Crippen LogP contribution in [-0.2, 0) is 4.79 Å². The molecule has 110 valence electrons. The Morgan fingerprint density at radius 1 is 1.26 bits per heavy atom. The molecule has 2 aliphatic heterocycles. The monoisotopic (exact) mass is 283 g/mol. The van der Waals surface area contributed by atoms with Crippen LogP contribution < -0.4 is 10.6 Å². The Hall–Kier alpha value is -1.51. The van der Waals surface area contributed by atoms with Crippen molar-refractivity contribution in [1.82, 2.24) is 15.5 Å². The van der Waals surface area contributed by atoms with Crippen LogP contribution in [0.15, 0.2) is 0 Å². The second kappa shape index (κ2) is 6.60. The largest absolute Gasteiger partial charge is 0.490 e. The molecular weight excluding hydrogens is 267 g/mol. The zero-order chi connectivity index (χ0) is 14.5. The second-order valence-electron chi connectivity index (χ2n) is 4.21. The highest BCUT2D eigenvalue weighted by Crippen LogP contribution is 2.14. The molecule has 0 radical (unpaired) electrons. The van der Waals surface area contributed by atoms with Crippen LogP contribution in [0.4, 0.5) is 18.0 Å². The molecule has 0 aromatic carbocycles. The van der Waals surface area contributed by atoms with Crippen LogP contribution >= 0.6 is 0 Å². The highest BCUT2D eigenvalue weighted by atomic mass is 19.4.